The molecule has 0 fully saturated rings. The van der Waals surface area contributed by atoms with Gasteiger partial charge in [0.1, 0.15) is 6.04 Å². The first kappa shape index (κ1) is 16.0. The number of carboxylic acid groups (broad SMARTS) is 1. The topological polar surface area (TPSA) is 69.6 Å². The molecular formula is C15H22N2O3. The molecule has 0 bridgehead atoms. The van der Waals surface area contributed by atoms with E-state index in [2.05, 4.69) is 5.32 Å². The Balaban J connectivity index is 2.81. The summed E-state index contributed by atoms with van der Waals surface area (Å²) in [6.07, 6.45) is 1.13. The first-order valence-electron chi connectivity index (χ1n) is 6.87. The lowest BCUT2D eigenvalue weighted by Crippen LogP contribution is -2.48. The van der Waals surface area contributed by atoms with E-state index in [1.54, 1.807) is 0 Å². The molecular weight excluding hydrogens is 256 g/mol. The summed E-state index contributed by atoms with van der Waals surface area (Å²) in [6, 6.07) is 6.34. The van der Waals surface area contributed by atoms with Gasteiger partial charge in [0.25, 0.3) is 0 Å². The molecule has 0 aliphatic heterocycles. The highest BCUT2D eigenvalue weighted by Crippen LogP contribution is 2.15. The monoisotopic (exact) mass is 278 g/mol. The summed E-state index contributed by atoms with van der Waals surface area (Å²) in [7, 11) is 0. The van der Waals surface area contributed by atoms with Gasteiger partial charge in [-0.1, -0.05) is 31.0 Å². The molecule has 5 nitrogen and oxygen atoms in total. The van der Waals surface area contributed by atoms with Crippen LogP contribution in [0.2, 0.25) is 0 Å². The third-order valence-electron chi connectivity index (χ3n) is 3.08. The van der Waals surface area contributed by atoms with Gasteiger partial charge in [0, 0.05) is 12.2 Å². The molecule has 0 spiro atoms. The van der Waals surface area contributed by atoms with E-state index in [0.717, 1.165) is 11.3 Å². The zero-order chi connectivity index (χ0) is 15.1. The van der Waals surface area contributed by atoms with E-state index < -0.39 is 12.0 Å². The van der Waals surface area contributed by atoms with Gasteiger partial charge in [-0.2, -0.15) is 0 Å². The van der Waals surface area contributed by atoms with E-state index in [1.807, 2.05) is 45.0 Å². The van der Waals surface area contributed by atoms with Crippen molar-refractivity contribution in [3.8, 4) is 0 Å². The average Bonchev–Trinajstić information content (AvgIpc) is 2.41. The number of benzene rings is 1. The zero-order valence-corrected chi connectivity index (χ0v) is 12.2. The second-order valence-corrected chi connectivity index (χ2v) is 4.71. The van der Waals surface area contributed by atoms with Gasteiger partial charge in [-0.05, 0) is 32.4 Å². The van der Waals surface area contributed by atoms with E-state index in [0.29, 0.717) is 19.4 Å². The Kier molecular flexibility index (Phi) is 6.03. The Bertz CT molecular complexity index is 457. The molecule has 0 saturated heterocycles. The van der Waals surface area contributed by atoms with Gasteiger partial charge in [-0.15, -0.1) is 0 Å². The van der Waals surface area contributed by atoms with E-state index in [4.69, 9.17) is 5.11 Å². The summed E-state index contributed by atoms with van der Waals surface area (Å²) in [5, 5.41) is 11.7. The summed E-state index contributed by atoms with van der Waals surface area (Å²) in [5.74, 6) is -1.000. The summed E-state index contributed by atoms with van der Waals surface area (Å²) in [4.78, 5) is 24.8. The van der Waals surface area contributed by atoms with Crippen LogP contribution in [0, 0.1) is 6.92 Å². The Hall–Kier alpha value is -2.04. The molecule has 0 saturated carbocycles. The van der Waals surface area contributed by atoms with Crippen molar-refractivity contribution < 1.29 is 14.7 Å². The molecule has 1 atom stereocenters. The molecule has 1 aromatic rings. The summed E-state index contributed by atoms with van der Waals surface area (Å²) in [6.45, 7) is 6.20. The molecule has 0 radical (unpaired) electrons. The van der Waals surface area contributed by atoms with Crippen molar-refractivity contribution in [2.24, 2.45) is 0 Å². The van der Waals surface area contributed by atoms with E-state index in [9.17, 15) is 9.59 Å². The number of amides is 2. The van der Waals surface area contributed by atoms with Crippen LogP contribution in [0.3, 0.4) is 0 Å². The summed E-state index contributed by atoms with van der Waals surface area (Å²) >= 11 is 0. The third-order valence-corrected chi connectivity index (χ3v) is 3.08. The Morgan fingerprint density at radius 1 is 1.25 bits per heavy atom. The molecule has 2 N–H and O–H groups in total. The fraction of sp³-hybridized carbons (Fsp3) is 0.467. The lowest BCUT2D eigenvalue weighted by atomic mass is 10.1. The Labute approximate surface area is 119 Å². The number of carboxylic acids is 1. The van der Waals surface area contributed by atoms with Crippen LogP contribution in [-0.2, 0) is 4.79 Å². The van der Waals surface area contributed by atoms with Crippen LogP contribution in [0.1, 0.15) is 32.3 Å². The predicted octanol–water partition coefficient (Wildman–Crippen LogP) is 2.78. The second kappa shape index (κ2) is 7.53. The van der Waals surface area contributed by atoms with Crippen LogP contribution in [0.5, 0.6) is 0 Å². The number of carbonyl (C=O) groups is 2. The minimum atomic E-state index is -1.000. The van der Waals surface area contributed by atoms with E-state index in [1.165, 1.54) is 4.90 Å². The highest BCUT2D eigenvalue weighted by Gasteiger charge is 2.22. The SMILES string of the molecule is CCCC(NC(=O)N(CC)c1ccc(C)cc1)C(=O)O. The molecule has 1 unspecified atom stereocenters. The fourth-order valence-electron chi connectivity index (χ4n) is 1.94. The van der Waals surface area contributed by atoms with Gasteiger partial charge < -0.3 is 10.4 Å². The molecule has 0 aliphatic rings. The van der Waals surface area contributed by atoms with Crippen molar-refractivity contribution in [3.63, 3.8) is 0 Å². The lowest BCUT2D eigenvalue weighted by Gasteiger charge is -2.24. The van der Waals surface area contributed by atoms with Gasteiger partial charge in [0.05, 0.1) is 0 Å². The molecule has 1 rings (SSSR count). The van der Waals surface area contributed by atoms with Crippen LogP contribution in [0.15, 0.2) is 24.3 Å². The maximum absolute atomic E-state index is 12.2. The molecule has 110 valence electrons. The number of hydrogen-bond acceptors (Lipinski definition) is 2. The number of rotatable bonds is 6. The smallest absolute Gasteiger partial charge is 0.326 e. The van der Waals surface area contributed by atoms with Gasteiger partial charge >= 0.3 is 12.0 Å². The van der Waals surface area contributed by atoms with Crippen LogP contribution in [-0.4, -0.2) is 29.7 Å². The van der Waals surface area contributed by atoms with Gasteiger partial charge in [-0.25, -0.2) is 9.59 Å². The number of hydrogen-bond donors (Lipinski definition) is 2. The van der Waals surface area contributed by atoms with Crippen molar-refractivity contribution in [2.45, 2.75) is 39.7 Å². The first-order chi connectivity index (χ1) is 9.49. The number of anilines is 1. The first-order valence-corrected chi connectivity index (χ1v) is 6.87. The molecule has 20 heavy (non-hydrogen) atoms. The van der Waals surface area contributed by atoms with Crippen LogP contribution in [0.25, 0.3) is 0 Å². The number of nitrogens with zero attached hydrogens (tertiary/aromatic N) is 1. The standard InChI is InChI=1S/C15H22N2O3/c1-4-6-13(14(18)19)16-15(20)17(5-2)12-9-7-11(3)8-10-12/h7-10,13H,4-6H2,1-3H3,(H,16,20)(H,18,19). The quantitative estimate of drug-likeness (QED) is 0.840. The van der Waals surface area contributed by atoms with E-state index >= 15 is 0 Å². The summed E-state index contributed by atoms with van der Waals surface area (Å²) < 4.78 is 0. The Morgan fingerprint density at radius 2 is 1.85 bits per heavy atom. The molecule has 0 heterocycles. The predicted molar refractivity (Wildman–Crippen MR) is 79.1 cm³/mol. The van der Waals surface area contributed by atoms with Gasteiger partial charge in [0.2, 0.25) is 0 Å². The number of urea groups is 1. The maximum Gasteiger partial charge on any atom is 0.326 e. The molecule has 0 aromatic heterocycles. The van der Waals surface area contributed by atoms with Gasteiger partial charge in [0.15, 0.2) is 0 Å². The van der Waals surface area contributed by atoms with Crippen LogP contribution >= 0.6 is 0 Å². The van der Waals surface area contributed by atoms with Crippen molar-refractivity contribution in [1.82, 2.24) is 5.32 Å². The minimum absolute atomic E-state index is 0.378. The number of carbonyl (C=O) groups excluding carboxylic acids is 1. The van der Waals surface area contributed by atoms with E-state index in [-0.39, 0.29) is 6.03 Å². The number of aryl methyl sites for hydroxylation is 1. The average molecular weight is 278 g/mol. The second-order valence-electron chi connectivity index (χ2n) is 4.71. The summed E-state index contributed by atoms with van der Waals surface area (Å²) in [5.41, 5.74) is 1.87. The van der Waals surface area contributed by atoms with Crippen molar-refractivity contribution in [2.75, 3.05) is 11.4 Å². The van der Waals surface area contributed by atoms with Crippen LogP contribution < -0.4 is 10.2 Å². The molecule has 5 heteroatoms. The maximum atomic E-state index is 12.2. The third kappa shape index (κ3) is 4.26. The molecule has 1 aromatic carbocycles. The van der Waals surface area contributed by atoms with Crippen molar-refractivity contribution in [1.29, 1.82) is 0 Å². The highest BCUT2D eigenvalue weighted by molar-refractivity contribution is 5.94. The highest BCUT2D eigenvalue weighted by atomic mass is 16.4. The van der Waals surface area contributed by atoms with Crippen molar-refractivity contribution in [3.05, 3.63) is 29.8 Å². The fourth-order valence-corrected chi connectivity index (χ4v) is 1.94. The Morgan fingerprint density at radius 3 is 2.30 bits per heavy atom. The molecule has 2 amide bonds. The minimum Gasteiger partial charge on any atom is -0.480 e. The zero-order valence-electron chi connectivity index (χ0n) is 12.2. The molecule has 0 aliphatic carbocycles. The van der Waals surface area contributed by atoms with Crippen molar-refractivity contribution >= 4 is 17.7 Å². The van der Waals surface area contributed by atoms with Crippen LogP contribution in [0.4, 0.5) is 10.5 Å². The normalized spacial score (nSPS) is 11.8. The van der Waals surface area contributed by atoms with Gasteiger partial charge in [-0.3, -0.25) is 4.90 Å². The largest absolute Gasteiger partial charge is 0.480 e. The lowest BCUT2D eigenvalue weighted by molar-refractivity contribution is -0.139. The number of aliphatic carboxylic acids is 1. The number of nitrogens with one attached hydrogen (secondary N) is 1.